The lowest BCUT2D eigenvalue weighted by Crippen LogP contribution is -2.60. The van der Waals surface area contributed by atoms with Crippen LogP contribution in [0.15, 0.2) is 54.9 Å². The normalized spacial score (nSPS) is 20.0. The van der Waals surface area contributed by atoms with Gasteiger partial charge in [-0.1, -0.05) is 59.7 Å². The zero-order valence-corrected chi connectivity index (χ0v) is 36.5. The SMILES string of the molecule is CC(O[Si](C)(C)C(C)(C)C)c1ccnc(-n2ncc3ccc(-c4cccc(C(O)(N[S@+]([O-])C(C)(C)C)C5CC(O[Si](C)(C)C(C)(C)C)C5)n4)cc32)n1. The highest BCUT2D eigenvalue weighted by molar-refractivity contribution is 7.90. The third-order valence-corrected chi connectivity index (χ3v) is 22.0. The molecule has 2 N–H and O–H groups in total. The molecule has 10 nitrogen and oxygen atoms in total. The van der Waals surface area contributed by atoms with E-state index in [4.69, 9.17) is 18.8 Å². The van der Waals surface area contributed by atoms with Crippen molar-refractivity contribution in [3.05, 3.63) is 66.2 Å². The van der Waals surface area contributed by atoms with Crippen molar-refractivity contribution >= 4 is 38.9 Å². The van der Waals surface area contributed by atoms with Crippen LogP contribution in [0.2, 0.25) is 36.3 Å². The number of hydrogen-bond donors (Lipinski definition) is 2. The molecule has 52 heavy (non-hydrogen) atoms. The molecule has 1 aliphatic carbocycles. The van der Waals surface area contributed by atoms with Gasteiger partial charge in [0, 0.05) is 40.5 Å². The van der Waals surface area contributed by atoms with Crippen molar-refractivity contribution in [1.29, 1.82) is 0 Å². The molecule has 1 aliphatic rings. The van der Waals surface area contributed by atoms with Crippen LogP contribution in [0.4, 0.5) is 0 Å². The topological polar surface area (TPSA) is 130 Å². The molecule has 1 saturated carbocycles. The van der Waals surface area contributed by atoms with E-state index in [-0.39, 0.29) is 28.2 Å². The summed E-state index contributed by atoms with van der Waals surface area (Å²) in [6.07, 6.45) is 4.69. The van der Waals surface area contributed by atoms with E-state index in [0.717, 1.165) is 22.2 Å². The van der Waals surface area contributed by atoms with Crippen LogP contribution in [-0.4, -0.2) is 61.9 Å². The monoisotopic (exact) mass is 764 g/mol. The van der Waals surface area contributed by atoms with E-state index in [9.17, 15) is 9.66 Å². The van der Waals surface area contributed by atoms with Gasteiger partial charge in [0.25, 0.3) is 5.95 Å². The number of aromatic nitrogens is 5. The smallest absolute Gasteiger partial charge is 0.251 e. The Balaban J connectivity index is 1.46. The Morgan fingerprint density at radius 3 is 2.19 bits per heavy atom. The molecule has 5 rings (SSSR count). The van der Waals surface area contributed by atoms with Crippen LogP contribution in [0, 0.1) is 5.92 Å². The average molecular weight is 765 g/mol. The maximum Gasteiger partial charge on any atom is 0.251 e. The van der Waals surface area contributed by atoms with Gasteiger partial charge in [0.2, 0.25) is 5.72 Å². The van der Waals surface area contributed by atoms with E-state index in [1.54, 1.807) is 17.1 Å². The molecule has 3 atom stereocenters. The minimum atomic E-state index is -2.02. The standard InChI is InChI=1S/C39H60N6O4SSi2/c1-26(48-51(11,12)37(5,6)7)31-20-21-40-35(43-31)45-33-22-27(18-19-28(33)25-41-45)32-16-15-17-34(42-32)39(46,44-50(47)36(2,3)4)29-23-30(24-29)49-52(13,14)38(8,9)10/h15-22,25-26,29-30,44,46H,23-24H2,1-14H3/t26?,29?,30?,39?,50-/m1/s1. The summed E-state index contributed by atoms with van der Waals surface area (Å²) in [7, 11) is -4.01. The Bertz CT molecular complexity index is 1880. The second-order valence-corrected chi connectivity index (χ2v) is 29.9. The second kappa shape index (κ2) is 14.3. The van der Waals surface area contributed by atoms with Crippen molar-refractivity contribution < 1.29 is 18.5 Å². The highest BCUT2D eigenvalue weighted by Crippen LogP contribution is 2.47. The lowest BCUT2D eigenvalue weighted by atomic mass is 9.74. The van der Waals surface area contributed by atoms with E-state index in [0.29, 0.717) is 30.2 Å². The number of fused-ring (bicyclic) bond motifs is 1. The molecule has 13 heteroatoms. The molecule has 0 saturated heterocycles. The molecule has 0 spiro atoms. The minimum Gasteiger partial charge on any atom is -0.598 e. The molecular formula is C39H60N6O4SSi2. The van der Waals surface area contributed by atoms with Gasteiger partial charge < -0.3 is 18.5 Å². The zero-order chi connectivity index (χ0) is 38.7. The lowest BCUT2D eigenvalue weighted by molar-refractivity contribution is -0.109. The predicted octanol–water partition coefficient (Wildman–Crippen LogP) is 8.96. The Hall–Kier alpha value is -2.50. The van der Waals surface area contributed by atoms with Gasteiger partial charge in [-0.05, 0) is 101 Å². The summed E-state index contributed by atoms with van der Waals surface area (Å²) in [5.41, 5.74) is 1.95. The first-order chi connectivity index (χ1) is 23.8. The zero-order valence-electron chi connectivity index (χ0n) is 33.7. The number of benzene rings is 1. The molecule has 0 aliphatic heterocycles. The van der Waals surface area contributed by atoms with Gasteiger partial charge in [-0.2, -0.15) is 9.78 Å². The van der Waals surface area contributed by atoms with Gasteiger partial charge in [0.05, 0.1) is 34.9 Å². The van der Waals surface area contributed by atoms with Crippen LogP contribution in [0.5, 0.6) is 0 Å². The minimum absolute atomic E-state index is 0.0375. The molecule has 4 aromatic rings. The molecule has 2 unspecified atom stereocenters. The summed E-state index contributed by atoms with van der Waals surface area (Å²) in [4.78, 5) is 14.5. The number of nitrogens with one attached hydrogen (secondary N) is 1. The molecule has 0 amide bonds. The van der Waals surface area contributed by atoms with Crippen molar-refractivity contribution in [3.63, 3.8) is 0 Å². The van der Waals surface area contributed by atoms with Crippen molar-refractivity contribution in [1.82, 2.24) is 29.5 Å². The summed E-state index contributed by atoms with van der Waals surface area (Å²) >= 11 is -1.55. The fourth-order valence-corrected chi connectivity index (χ4v) is 9.35. The van der Waals surface area contributed by atoms with E-state index < -0.39 is 38.5 Å². The summed E-state index contributed by atoms with van der Waals surface area (Å²) in [5.74, 6) is 0.229. The molecule has 1 aromatic carbocycles. The van der Waals surface area contributed by atoms with Gasteiger partial charge in [0.1, 0.15) is 4.75 Å². The van der Waals surface area contributed by atoms with Gasteiger partial charge in [-0.25, -0.2) is 15.0 Å². The summed E-state index contributed by atoms with van der Waals surface area (Å²) in [6.45, 7) is 30.1. The van der Waals surface area contributed by atoms with Crippen molar-refractivity contribution in [2.24, 2.45) is 5.92 Å². The Morgan fingerprint density at radius 2 is 1.58 bits per heavy atom. The fraction of sp³-hybridized carbons (Fsp3) is 0.590. The third kappa shape index (κ3) is 8.41. The molecule has 1 fully saturated rings. The molecular weight excluding hydrogens is 705 g/mol. The van der Waals surface area contributed by atoms with Crippen LogP contribution in [0.25, 0.3) is 28.1 Å². The third-order valence-electron chi connectivity index (χ3n) is 11.3. The number of pyridine rings is 1. The predicted molar refractivity (Wildman–Crippen MR) is 216 cm³/mol. The first kappa shape index (κ1) is 40.7. The van der Waals surface area contributed by atoms with Crippen LogP contribution >= 0.6 is 0 Å². The van der Waals surface area contributed by atoms with Crippen molar-refractivity contribution in [3.8, 4) is 17.2 Å². The summed E-state index contributed by atoms with van der Waals surface area (Å²) < 4.78 is 31.1. The second-order valence-electron chi connectivity index (χ2n) is 18.5. The van der Waals surface area contributed by atoms with Crippen LogP contribution < -0.4 is 4.72 Å². The van der Waals surface area contributed by atoms with Gasteiger partial charge >= 0.3 is 0 Å². The van der Waals surface area contributed by atoms with Crippen LogP contribution in [-0.2, 0) is 25.9 Å². The molecule has 0 bridgehead atoms. The van der Waals surface area contributed by atoms with Crippen molar-refractivity contribution in [2.75, 3.05) is 0 Å². The van der Waals surface area contributed by atoms with Gasteiger partial charge in [0.15, 0.2) is 16.6 Å². The number of rotatable bonds is 11. The fourth-order valence-electron chi connectivity index (χ4n) is 5.75. The average Bonchev–Trinajstić information content (AvgIpc) is 3.44. The highest BCUT2D eigenvalue weighted by Gasteiger charge is 2.53. The number of hydrogen-bond acceptors (Lipinski definition) is 9. The largest absolute Gasteiger partial charge is 0.598 e. The maximum absolute atomic E-state index is 13.5. The highest BCUT2D eigenvalue weighted by atomic mass is 32.2. The summed E-state index contributed by atoms with van der Waals surface area (Å²) in [5, 5.41) is 18.2. The lowest BCUT2D eigenvalue weighted by Gasteiger charge is -2.49. The number of nitrogens with zero attached hydrogens (tertiary/aromatic N) is 5. The Morgan fingerprint density at radius 1 is 0.923 bits per heavy atom. The van der Waals surface area contributed by atoms with E-state index in [1.165, 1.54) is 0 Å². The first-order valence-electron chi connectivity index (χ1n) is 18.4. The van der Waals surface area contributed by atoms with Crippen LogP contribution in [0.3, 0.4) is 0 Å². The van der Waals surface area contributed by atoms with E-state index in [1.807, 2.05) is 70.2 Å². The molecule has 284 valence electrons. The Labute approximate surface area is 316 Å². The quantitative estimate of drug-likeness (QED) is 0.0873. The van der Waals surface area contributed by atoms with Crippen molar-refractivity contribution in [2.45, 2.75) is 141 Å². The molecule has 0 radical (unpaired) electrons. The number of aliphatic hydroxyl groups is 1. The van der Waals surface area contributed by atoms with Gasteiger partial charge in [-0.15, -0.1) is 4.72 Å². The van der Waals surface area contributed by atoms with Gasteiger partial charge in [-0.3, -0.25) is 0 Å². The Kier molecular flexibility index (Phi) is 11.2. The van der Waals surface area contributed by atoms with E-state index >= 15 is 0 Å². The van der Waals surface area contributed by atoms with E-state index in [2.05, 4.69) is 82.5 Å². The summed E-state index contributed by atoms with van der Waals surface area (Å²) in [6, 6.07) is 13.6. The maximum atomic E-state index is 13.5. The molecule has 3 heterocycles. The first-order valence-corrected chi connectivity index (χ1v) is 25.4. The molecule has 3 aromatic heterocycles. The van der Waals surface area contributed by atoms with Crippen LogP contribution in [0.1, 0.15) is 99.6 Å².